The number of halogens is 6. The Morgan fingerprint density at radius 1 is 0.887 bits per heavy atom. The van der Waals surface area contributed by atoms with E-state index in [1.807, 2.05) is 0 Å². The Hall–Kier alpha value is -3.17. The molecule has 4 N–H and O–H groups in total. The summed E-state index contributed by atoms with van der Waals surface area (Å²) in [6.45, 7) is 0.961. The molecule has 0 radical (unpaired) electrons. The summed E-state index contributed by atoms with van der Waals surface area (Å²) in [4.78, 5) is 42.3. The Morgan fingerprint density at radius 2 is 1.47 bits per heavy atom. The summed E-state index contributed by atoms with van der Waals surface area (Å²) in [7, 11) is -0.879. The number of carbonyl (C=O) groups excluding carboxylic acids is 3. The Labute approximate surface area is 306 Å². The van der Waals surface area contributed by atoms with Crippen molar-refractivity contribution in [3.63, 3.8) is 0 Å². The van der Waals surface area contributed by atoms with Crippen LogP contribution in [0.3, 0.4) is 0 Å². The van der Waals surface area contributed by atoms with E-state index < -0.39 is 86.3 Å². The monoisotopic (exact) mass is 771 g/mol. The average molecular weight is 771 g/mol. The molecule has 0 saturated carbocycles. The SMILES string of the molecule is CCCC(CCP)CCCCCNC(=O)[C@H]1C[C@@H](NC(=O)c2ccc(C(F)(F)F)c3c2B(O)OC3)CN1C(=O)c1ccc(C(F)(F)F)c2c1B(O)OC2. The van der Waals surface area contributed by atoms with Crippen LogP contribution < -0.4 is 21.6 Å². The first-order chi connectivity index (χ1) is 25.1. The van der Waals surface area contributed by atoms with Gasteiger partial charge >= 0.3 is 26.6 Å². The molecule has 53 heavy (non-hydrogen) atoms. The van der Waals surface area contributed by atoms with Crippen molar-refractivity contribution in [2.45, 2.75) is 95.9 Å². The highest BCUT2D eigenvalue weighted by Crippen LogP contribution is 2.36. The molecule has 1 saturated heterocycles. The molecule has 5 rings (SSSR count). The van der Waals surface area contributed by atoms with Crippen LogP contribution in [0.15, 0.2) is 24.3 Å². The number of nitrogens with zero attached hydrogens (tertiary/aromatic N) is 1. The summed E-state index contributed by atoms with van der Waals surface area (Å²) in [5.41, 5.74) is -4.25. The number of benzene rings is 2. The molecule has 3 amide bonds. The standard InChI is InChI=1S/C34H42B2F6N3O7P/c1-2-6-19(12-14-53)7-4-3-5-13-43-31(47)27-15-20(44-30(46)21-8-10-25(33(37,38)39)23-17-51-35(49)28(21)23)16-45(27)32(48)22-9-11-26(34(40,41)42)24-18-52-36(50)29(22)24/h8-11,19-20,27,49-50H,2-7,12-18,53H2,1H3,(H,43,47)(H,44,46)/t19?,20-,27-/m1/s1. The number of unbranched alkanes of at least 4 members (excludes halogenated alkanes) is 2. The van der Waals surface area contributed by atoms with E-state index in [0.717, 1.165) is 61.7 Å². The highest BCUT2D eigenvalue weighted by molar-refractivity contribution is 7.16. The van der Waals surface area contributed by atoms with Crippen LogP contribution in [0, 0.1) is 5.92 Å². The normalized spacial score (nSPS) is 19.0. The fraction of sp³-hybridized carbons (Fsp3) is 0.559. The molecule has 2 unspecified atom stereocenters. The zero-order valence-electron chi connectivity index (χ0n) is 29.1. The van der Waals surface area contributed by atoms with Gasteiger partial charge in [-0.25, -0.2) is 0 Å². The molecule has 2 aromatic carbocycles. The minimum atomic E-state index is -4.80. The van der Waals surface area contributed by atoms with Gasteiger partial charge in [0.1, 0.15) is 6.04 Å². The lowest BCUT2D eigenvalue weighted by Crippen LogP contribution is -2.48. The third kappa shape index (κ3) is 9.21. The van der Waals surface area contributed by atoms with Gasteiger partial charge in [-0.05, 0) is 66.7 Å². The molecule has 3 aliphatic rings. The van der Waals surface area contributed by atoms with E-state index in [9.17, 15) is 50.8 Å². The lowest BCUT2D eigenvalue weighted by Gasteiger charge is -2.25. The smallest absolute Gasteiger partial charge is 0.423 e. The van der Waals surface area contributed by atoms with Crippen LogP contribution >= 0.6 is 9.24 Å². The number of amides is 3. The molecule has 288 valence electrons. The van der Waals surface area contributed by atoms with Gasteiger partial charge in [-0.1, -0.05) is 39.0 Å². The van der Waals surface area contributed by atoms with E-state index in [0.29, 0.717) is 24.5 Å². The molecule has 10 nitrogen and oxygen atoms in total. The highest BCUT2D eigenvalue weighted by atomic mass is 31.0. The highest BCUT2D eigenvalue weighted by Gasteiger charge is 2.46. The first kappa shape index (κ1) is 41.0. The van der Waals surface area contributed by atoms with E-state index in [2.05, 4.69) is 26.8 Å². The second-order valence-electron chi connectivity index (χ2n) is 13.7. The van der Waals surface area contributed by atoms with Crippen LogP contribution in [-0.4, -0.2) is 78.2 Å². The van der Waals surface area contributed by atoms with Gasteiger partial charge in [-0.3, -0.25) is 14.4 Å². The second kappa shape index (κ2) is 17.1. The van der Waals surface area contributed by atoms with Crippen LogP contribution in [0.4, 0.5) is 26.3 Å². The third-order valence-corrected chi connectivity index (χ3v) is 10.5. The molecule has 19 heteroatoms. The molecule has 4 atom stereocenters. The van der Waals surface area contributed by atoms with Crippen molar-refractivity contribution >= 4 is 52.1 Å². The first-order valence-electron chi connectivity index (χ1n) is 17.7. The second-order valence-corrected chi connectivity index (χ2v) is 14.3. The van der Waals surface area contributed by atoms with Gasteiger partial charge in [-0.15, -0.1) is 9.24 Å². The van der Waals surface area contributed by atoms with E-state index in [1.165, 1.54) is 0 Å². The van der Waals surface area contributed by atoms with Crippen molar-refractivity contribution in [2.75, 3.05) is 19.3 Å². The zero-order valence-corrected chi connectivity index (χ0v) is 30.3. The predicted octanol–water partition coefficient (Wildman–Crippen LogP) is 3.53. The van der Waals surface area contributed by atoms with Gasteiger partial charge in [0.15, 0.2) is 0 Å². The van der Waals surface area contributed by atoms with E-state index in [4.69, 9.17) is 9.31 Å². The van der Waals surface area contributed by atoms with Crippen molar-refractivity contribution in [3.05, 3.63) is 57.6 Å². The largest absolute Gasteiger partial charge is 0.492 e. The molecule has 0 aliphatic carbocycles. The van der Waals surface area contributed by atoms with Crippen LogP contribution in [0.25, 0.3) is 0 Å². The van der Waals surface area contributed by atoms with E-state index in [-0.39, 0.29) is 47.1 Å². The zero-order chi connectivity index (χ0) is 38.7. The number of carbonyl (C=O) groups is 3. The topological polar surface area (TPSA) is 137 Å². The average Bonchev–Trinajstić information content (AvgIpc) is 3.81. The lowest BCUT2D eigenvalue weighted by molar-refractivity contribution is -0.139. The minimum Gasteiger partial charge on any atom is -0.423 e. The fourth-order valence-corrected chi connectivity index (χ4v) is 8.06. The predicted molar refractivity (Wildman–Crippen MR) is 187 cm³/mol. The summed E-state index contributed by atoms with van der Waals surface area (Å²) in [5.74, 6) is -1.71. The maximum Gasteiger partial charge on any atom is 0.492 e. The Kier molecular flexibility index (Phi) is 13.2. The Balaban J connectivity index is 1.35. The maximum atomic E-state index is 14.1. The molecule has 0 aromatic heterocycles. The van der Waals surface area contributed by atoms with Crippen molar-refractivity contribution < 1.29 is 60.1 Å². The summed E-state index contributed by atoms with van der Waals surface area (Å²) in [5, 5.41) is 26.3. The molecule has 3 aliphatic heterocycles. The Morgan fingerprint density at radius 3 is 2.04 bits per heavy atom. The number of alkyl halides is 6. The van der Waals surface area contributed by atoms with Gasteiger partial charge < -0.3 is 34.9 Å². The van der Waals surface area contributed by atoms with Crippen LogP contribution in [-0.2, 0) is 39.7 Å². The van der Waals surface area contributed by atoms with Gasteiger partial charge in [0.25, 0.3) is 11.8 Å². The number of fused-ring (bicyclic) bond motifs is 2. The van der Waals surface area contributed by atoms with Crippen LogP contribution in [0.1, 0.15) is 101 Å². The number of rotatable bonds is 14. The number of hydrogen-bond donors (Lipinski definition) is 4. The molecule has 3 heterocycles. The third-order valence-electron chi connectivity index (χ3n) is 10.1. The van der Waals surface area contributed by atoms with Crippen molar-refractivity contribution in [1.82, 2.24) is 15.5 Å². The summed E-state index contributed by atoms with van der Waals surface area (Å²) < 4.78 is 92.3. The minimum absolute atomic E-state index is 0.138. The van der Waals surface area contributed by atoms with Crippen LogP contribution in [0.2, 0.25) is 0 Å². The molecule has 0 spiro atoms. The number of nitrogens with one attached hydrogen (secondary N) is 2. The van der Waals surface area contributed by atoms with Crippen molar-refractivity contribution in [1.29, 1.82) is 0 Å². The maximum absolute atomic E-state index is 14.1. The van der Waals surface area contributed by atoms with Crippen LogP contribution in [0.5, 0.6) is 0 Å². The summed E-state index contributed by atoms with van der Waals surface area (Å²) in [6.07, 6.45) is -1.75. The van der Waals surface area contributed by atoms with Crippen molar-refractivity contribution in [2.24, 2.45) is 5.92 Å². The summed E-state index contributed by atoms with van der Waals surface area (Å²) >= 11 is 0. The fourth-order valence-electron chi connectivity index (χ4n) is 7.58. The molecule has 1 fully saturated rings. The van der Waals surface area contributed by atoms with Gasteiger partial charge in [0.2, 0.25) is 5.91 Å². The molecular formula is C34H42B2F6N3O7P. The number of likely N-dealkylation sites (tertiary alicyclic amines) is 1. The molecular weight excluding hydrogens is 729 g/mol. The molecule has 2 aromatic rings. The van der Waals surface area contributed by atoms with Gasteiger partial charge in [0.05, 0.1) is 24.3 Å². The van der Waals surface area contributed by atoms with Gasteiger partial charge in [-0.2, -0.15) is 26.3 Å². The quantitative estimate of drug-likeness (QED) is 0.1000. The van der Waals surface area contributed by atoms with Gasteiger partial charge in [0, 0.05) is 41.2 Å². The van der Waals surface area contributed by atoms with E-state index >= 15 is 0 Å². The summed E-state index contributed by atoms with van der Waals surface area (Å²) in [6, 6.07) is 1.11. The lowest BCUT2D eigenvalue weighted by atomic mass is 9.74. The number of hydrogen-bond acceptors (Lipinski definition) is 7. The van der Waals surface area contributed by atoms with Crippen molar-refractivity contribution in [3.8, 4) is 0 Å². The first-order valence-corrected chi connectivity index (χ1v) is 18.5. The van der Waals surface area contributed by atoms with E-state index in [1.54, 1.807) is 0 Å². The molecule has 0 bridgehead atoms. The Bertz CT molecular complexity index is 1680.